The summed E-state index contributed by atoms with van der Waals surface area (Å²) in [4.78, 5) is 33.4. The Balaban J connectivity index is 1.65. The quantitative estimate of drug-likeness (QED) is 0.371. The molecule has 0 atom stereocenters. The number of carbonyl (C=O) groups excluding carboxylic acids is 1. The second kappa shape index (κ2) is 10.9. The number of aromatic nitrogens is 3. The smallest absolute Gasteiger partial charge is 0.267 e. The lowest BCUT2D eigenvalue weighted by Gasteiger charge is -2.26. The highest BCUT2D eigenvalue weighted by Crippen LogP contribution is 2.12. The van der Waals surface area contributed by atoms with Crippen LogP contribution in [-0.2, 0) is 11.3 Å². The maximum atomic E-state index is 13.3. The molecular weight excluding hydrogens is 432 g/mol. The Morgan fingerprint density at radius 1 is 1.18 bits per heavy atom. The number of ether oxygens (including phenoxy) is 1. The number of unbranched alkanes of at least 4 members (excludes halogenated alkanes) is 2. The van der Waals surface area contributed by atoms with E-state index in [9.17, 15) is 9.59 Å². The number of carbonyl (C=O) groups is 1. The maximum absolute atomic E-state index is 13.3. The zero-order chi connectivity index (χ0) is 24.1. The van der Waals surface area contributed by atoms with E-state index in [4.69, 9.17) is 15.1 Å². The van der Waals surface area contributed by atoms with Gasteiger partial charge in [0.2, 0.25) is 0 Å². The van der Waals surface area contributed by atoms with E-state index in [1.807, 2.05) is 19.1 Å². The van der Waals surface area contributed by atoms with Gasteiger partial charge in [-0.1, -0.05) is 25.8 Å². The molecule has 1 aliphatic rings. The monoisotopic (exact) mass is 466 g/mol. The predicted molar refractivity (Wildman–Crippen MR) is 131 cm³/mol. The molecule has 0 spiro atoms. The van der Waals surface area contributed by atoms with Crippen molar-refractivity contribution in [2.75, 3.05) is 39.4 Å². The summed E-state index contributed by atoms with van der Waals surface area (Å²) in [5.74, 6) is -0.327. The number of nitrogens with one attached hydrogen (secondary N) is 2. The number of hydrogen-bond donors (Lipinski definition) is 2. The molecule has 1 aliphatic heterocycles. The van der Waals surface area contributed by atoms with Gasteiger partial charge in [0, 0.05) is 32.4 Å². The number of aryl methyl sites for hydroxylation is 2. The second-order valence-electron chi connectivity index (χ2n) is 8.92. The third-order valence-corrected chi connectivity index (χ3v) is 6.33. The number of fused-ring (bicyclic) bond motifs is 2. The summed E-state index contributed by atoms with van der Waals surface area (Å²) in [5.41, 5.74) is 2.02. The minimum absolute atomic E-state index is 0.0950. The van der Waals surface area contributed by atoms with Crippen LogP contribution >= 0.6 is 0 Å². The van der Waals surface area contributed by atoms with E-state index in [-0.39, 0.29) is 22.5 Å². The molecule has 0 unspecified atom stereocenters. The normalized spacial score (nSPS) is 14.6. The summed E-state index contributed by atoms with van der Waals surface area (Å²) in [6, 6.07) is 5.26. The average Bonchev–Trinajstić information content (AvgIpc) is 2.84. The third-order valence-electron chi connectivity index (χ3n) is 6.33. The van der Waals surface area contributed by atoms with Crippen molar-refractivity contribution in [3.05, 3.63) is 51.4 Å². The van der Waals surface area contributed by atoms with E-state index in [0.29, 0.717) is 29.8 Å². The zero-order valence-electron chi connectivity index (χ0n) is 20.1. The number of morpholine rings is 1. The molecule has 3 aromatic rings. The lowest BCUT2D eigenvalue weighted by Crippen LogP contribution is -2.39. The average molecular weight is 467 g/mol. The Labute approximate surface area is 198 Å². The Morgan fingerprint density at radius 3 is 2.74 bits per heavy atom. The van der Waals surface area contributed by atoms with Gasteiger partial charge in [0.25, 0.3) is 11.5 Å². The van der Waals surface area contributed by atoms with Crippen LogP contribution in [0.4, 0.5) is 0 Å². The van der Waals surface area contributed by atoms with Gasteiger partial charge in [0.1, 0.15) is 16.8 Å². The van der Waals surface area contributed by atoms with E-state index in [2.05, 4.69) is 17.1 Å². The van der Waals surface area contributed by atoms with Crippen LogP contribution in [-0.4, -0.2) is 64.2 Å². The zero-order valence-corrected chi connectivity index (χ0v) is 20.1. The molecule has 34 heavy (non-hydrogen) atoms. The van der Waals surface area contributed by atoms with Gasteiger partial charge in [-0.25, -0.2) is 4.98 Å². The molecule has 4 rings (SSSR count). The highest BCUT2D eigenvalue weighted by molar-refractivity contribution is 5.96. The minimum Gasteiger partial charge on any atom is -0.379 e. The van der Waals surface area contributed by atoms with Crippen LogP contribution in [0.2, 0.25) is 0 Å². The first-order valence-electron chi connectivity index (χ1n) is 12.2. The molecule has 0 saturated carbocycles. The summed E-state index contributed by atoms with van der Waals surface area (Å²) in [7, 11) is 0. The van der Waals surface area contributed by atoms with Crippen molar-refractivity contribution in [2.24, 2.45) is 0 Å². The molecule has 0 aliphatic carbocycles. The first kappa shape index (κ1) is 24.1. The molecule has 4 heterocycles. The predicted octanol–water partition coefficient (Wildman–Crippen LogP) is 2.08. The number of nitrogens with zero attached hydrogens (tertiary/aromatic N) is 4. The standard InChI is InChI=1S/C25H34N6O3/c1-3-4-5-11-30-22(26)19(24(32)27-9-6-10-29-12-14-34-15-13-29)16-20-23(30)28-21-8-7-18(2)17-31(21)25(20)33/h7-8,16-17,26H,3-6,9-15H2,1-2H3,(H,27,32). The van der Waals surface area contributed by atoms with Crippen molar-refractivity contribution >= 4 is 22.6 Å². The molecule has 2 N–H and O–H groups in total. The lowest BCUT2D eigenvalue weighted by molar-refractivity contribution is 0.0374. The van der Waals surface area contributed by atoms with Gasteiger partial charge in [-0.3, -0.25) is 24.3 Å². The van der Waals surface area contributed by atoms with Crippen LogP contribution < -0.4 is 16.4 Å². The van der Waals surface area contributed by atoms with Gasteiger partial charge in [0.15, 0.2) is 0 Å². The first-order valence-corrected chi connectivity index (χ1v) is 12.2. The summed E-state index contributed by atoms with van der Waals surface area (Å²) in [6.45, 7) is 9.31. The summed E-state index contributed by atoms with van der Waals surface area (Å²) >= 11 is 0. The van der Waals surface area contributed by atoms with Crippen LogP contribution in [0, 0.1) is 12.3 Å². The lowest BCUT2D eigenvalue weighted by atomic mass is 10.1. The SMILES string of the molecule is CCCCCn1c(=N)c(C(=O)NCCCN2CCOCC2)cc2c(=O)n3cc(C)ccc3nc21. The van der Waals surface area contributed by atoms with Gasteiger partial charge in [-0.05, 0) is 44.0 Å². The Morgan fingerprint density at radius 2 is 1.97 bits per heavy atom. The fraction of sp³-hybridized carbons (Fsp3) is 0.520. The van der Waals surface area contributed by atoms with Gasteiger partial charge in [0.05, 0.1) is 24.2 Å². The van der Waals surface area contributed by atoms with Gasteiger partial charge in [-0.15, -0.1) is 0 Å². The molecule has 1 fully saturated rings. The summed E-state index contributed by atoms with van der Waals surface area (Å²) in [6.07, 6.45) is 5.45. The summed E-state index contributed by atoms with van der Waals surface area (Å²) in [5, 5.41) is 12.1. The molecule has 0 radical (unpaired) electrons. The number of rotatable bonds is 9. The second-order valence-corrected chi connectivity index (χ2v) is 8.92. The number of amides is 1. The largest absolute Gasteiger partial charge is 0.379 e. The van der Waals surface area contributed by atoms with Gasteiger partial charge < -0.3 is 14.6 Å². The van der Waals surface area contributed by atoms with Crippen LogP contribution in [0.3, 0.4) is 0 Å². The van der Waals surface area contributed by atoms with Crippen molar-refractivity contribution in [3.8, 4) is 0 Å². The van der Waals surface area contributed by atoms with Gasteiger partial charge >= 0.3 is 0 Å². The van der Waals surface area contributed by atoms with Crippen molar-refractivity contribution in [3.63, 3.8) is 0 Å². The van der Waals surface area contributed by atoms with Crippen LogP contribution in [0.1, 0.15) is 48.5 Å². The minimum atomic E-state index is -0.327. The molecule has 1 amide bonds. The van der Waals surface area contributed by atoms with Gasteiger partial charge in [-0.2, -0.15) is 0 Å². The first-order chi connectivity index (χ1) is 16.5. The van der Waals surface area contributed by atoms with Crippen LogP contribution in [0.15, 0.2) is 29.2 Å². The fourth-order valence-electron chi connectivity index (χ4n) is 4.38. The van der Waals surface area contributed by atoms with E-state index >= 15 is 0 Å². The molecule has 3 aromatic heterocycles. The molecular formula is C25H34N6O3. The maximum Gasteiger partial charge on any atom is 0.267 e. The molecule has 182 valence electrons. The highest BCUT2D eigenvalue weighted by atomic mass is 16.5. The van der Waals surface area contributed by atoms with Crippen molar-refractivity contribution in [1.29, 1.82) is 5.41 Å². The summed E-state index contributed by atoms with van der Waals surface area (Å²) < 4.78 is 8.61. The molecule has 9 heteroatoms. The van der Waals surface area contributed by atoms with Crippen molar-refractivity contribution in [2.45, 2.75) is 46.1 Å². The van der Waals surface area contributed by atoms with Crippen molar-refractivity contribution < 1.29 is 9.53 Å². The Kier molecular flexibility index (Phi) is 7.74. The van der Waals surface area contributed by atoms with Crippen LogP contribution in [0.25, 0.3) is 16.7 Å². The topological polar surface area (TPSA) is 105 Å². The number of hydrogen-bond acceptors (Lipinski definition) is 6. The van der Waals surface area contributed by atoms with Crippen molar-refractivity contribution in [1.82, 2.24) is 24.2 Å². The number of pyridine rings is 2. The highest BCUT2D eigenvalue weighted by Gasteiger charge is 2.18. The Hall–Kier alpha value is -3.04. The third kappa shape index (κ3) is 5.20. The molecule has 0 aromatic carbocycles. The molecule has 0 bridgehead atoms. The van der Waals surface area contributed by atoms with E-state index in [1.165, 1.54) is 10.5 Å². The Bertz CT molecular complexity index is 1290. The van der Waals surface area contributed by atoms with E-state index in [0.717, 1.165) is 64.1 Å². The molecule has 9 nitrogen and oxygen atoms in total. The fourth-order valence-corrected chi connectivity index (χ4v) is 4.38. The van der Waals surface area contributed by atoms with E-state index in [1.54, 1.807) is 10.8 Å². The van der Waals surface area contributed by atoms with E-state index < -0.39 is 0 Å². The van der Waals surface area contributed by atoms with Crippen LogP contribution in [0.5, 0.6) is 0 Å². The molecule has 1 saturated heterocycles.